The van der Waals surface area contributed by atoms with E-state index in [4.69, 9.17) is 11.6 Å². The molecule has 0 amide bonds. The second kappa shape index (κ2) is 8.79. The van der Waals surface area contributed by atoms with Gasteiger partial charge in [-0.1, -0.05) is 6.92 Å². The summed E-state index contributed by atoms with van der Waals surface area (Å²) in [5.74, 6) is 0.780. The highest BCUT2D eigenvalue weighted by molar-refractivity contribution is 6.17. The van der Waals surface area contributed by atoms with Crippen molar-refractivity contribution in [2.45, 2.75) is 19.8 Å². The predicted octanol–water partition coefficient (Wildman–Crippen LogP) is 1.89. The fraction of sp³-hybridized carbons (Fsp3) is 1.00. The molecule has 2 nitrogen and oxygen atoms in total. The monoisotopic (exact) mass is 206 g/mol. The lowest BCUT2D eigenvalue weighted by molar-refractivity contribution is 0.242. The molecule has 0 radical (unpaired) electrons. The highest BCUT2D eigenvalue weighted by atomic mass is 35.5. The summed E-state index contributed by atoms with van der Waals surface area (Å²) in [6.07, 6.45) is 2.34. The molecule has 80 valence electrons. The van der Waals surface area contributed by atoms with Crippen LogP contribution >= 0.6 is 11.6 Å². The maximum atomic E-state index is 5.67. The topological polar surface area (TPSA) is 6.48 Å². The molecule has 0 heterocycles. The molecule has 0 aliphatic carbocycles. The molecule has 0 aromatic heterocycles. The van der Waals surface area contributed by atoms with E-state index in [0.717, 1.165) is 31.9 Å². The Morgan fingerprint density at radius 3 is 2.15 bits per heavy atom. The molecular weight excluding hydrogens is 184 g/mol. The molecule has 0 rings (SSSR count). The average molecular weight is 207 g/mol. The summed E-state index contributed by atoms with van der Waals surface area (Å²) < 4.78 is 0. The van der Waals surface area contributed by atoms with Crippen molar-refractivity contribution in [2.75, 3.05) is 46.2 Å². The second-order valence-corrected chi connectivity index (χ2v) is 4.07. The minimum absolute atomic E-state index is 0.780. The van der Waals surface area contributed by atoms with Crippen LogP contribution in [-0.2, 0) is 0 Å². The zero-order valence-electron chi connectivity index (χ0n) is 9.22. The molecule has 0 aliphatic heterocycles. The minimum Gasteiger partial charge on any atom is -0.308 e. The quantitative estimate of drug-likeness (QED) is 0.560. The Morgan fingerprint density at radius 1 is 1.00 bits per heavy atom. The Kier molecular flexibility index (Phi) is 8.93. The third-order valence-electron chi connectivity index (χ3n) is 2.01. The zero-order valence-corrected chi connectivity index (χ0v) is 9.98. The van der Waals surface area contributed by atoms with Gasteiger partial charge in [0.15, 0.2) is 0 Å². The van der Waals surface area contributed by atoms with Crippen molar-refractivity contribution in [1.29, 1.82) is 0 Å². The summed E-state index contributed by atoms with van der Waals surface area (Å²) in [4.78, 5) is 4.71. The Balaban J connectivity index is 3.53. The summed E-state index contributed by atoms with van der Waals surface area (Å²) >= 11 is 5.67. The standard InChI is InChI=1S/C10H23ClN2/c1-4-7-13(8-5-6-11)10-9-12(2)3/h4-10H2,1-3H3. The number of halogens is 1. The zero-order chi connectivity index (χ0) is 10.1. The third kappa shape index (κ3) is 8.54. The van der Waals surface area contributed by atoms with E-state index in [-0.39, 0.29) is 0 Å². The van der Waals surface area contributed by atoms with Crippen LogP contribution in [0.3, 0.4) is 0 Å². The van der Waals surface area contributed by atoms with Gasteiger partial charge >= 0.3 is 0 Å². The Bertz CT molecular complexity index is 107. The van der Waals surface area contributed by atoms with Crippen LogP contribution in [-0.4, -0.2) is 56.0 Å². The first kappa shape index (κ1) is 13.2. The molecule has 0 N–H and O–H groups in total. The average Bonchev–Trinajstić information content (AvgIpc) is 2.09. The Morgan fingerprint density at radius 2 is 1.69 bits per heavy atom. The van der Waals surface area contributed by atoms with Gasteiger partial charge < -0.3 is 9.80 Å². The summed E-state index contributed by atoms with van der Waals surface area (Å²) in [5.41, 5.74) is 0. The Labute approximate surface area is 87.8 Å². The van der Waals surface area contributed by atoms with E-state index < -0.39 is 0 Å². The molecule has 0 aromatic carbocycles. The van der Waals surface area contributed by atoms with E-state index in [1.807, 2.05) is 0 Å². The van der Waals surface area contributed by atoms with Crippen molar-refractivity contribution < 1.29 is 0 Å². The lowest BCUT2D eigenvalue weighted by Crippen LogP contribution is -2.33. The van der Waals surface area contributed by atoms with Gasteiger partial charge in [-0.05, 0) is 40.0 Å². The van der Waals surface area contributed by atoms with Crippen molar-refractivity contribution in [3.8, 4) is 0 Å². The van der Waals surface area contributed by atoms with E-state index in [2.05, 4.69) is 30.8 Å². The smallest absolute Gasteiger partial charge is 0.0235 e. The van der Waals surface area contributed by atoms with Crippen LogP contribution in [0, 0.1) is 0 Å². The predicted molar refractivity (Wildman–Crippen MR) is 60.6 cm³/mol. The number of alkyl halides is 1. The summed E-state index contributed by atoms with van der Waals surface area (Å²) in [6, 6.07) is 0. The first-order valence-electron chi connectivity index (χ1n) is 5.13. The second-order valence-electron chi connectivity index (χ2n) is 3.69. The summed E-state index contributed by atoms with van der Waals surface area (Å²) in [5, 5.41) is 0. The molecule has 0 bridgehead atoms. The molecule has 0 saturated heterocycles. The number of nitrogens with zero attached hydrogens (tertiary/aromatic N) is 2. The van der Waals surface area contributed by atoms with E-state index in [0.29, 0.717) is 0 Å². The van der Waals surface area contributed by atoms with Crippen molar-refractivity contribution in [2.24, 2.45) is 0 Å². The van der Waals surface area contributed by atoms with Crippen LogP contribution in [0.1, 0.15) is 19.8 Å². The van der Waals surface area contributed by atoms with E-state index in [1.54, 1.807) is 0 Å². The molecule has 0 unspecified atom stereocenters. The van der Waals surface area contributed by atoms with Crippen LogP contribution < -0.4 is 0 Å². The minimum atomic E-state index is 0.780. The fourth-order valence-electron chi connectivity index (χ4n) is 1.28. The normalized spacial score (nSPS) is 11.5. The molecule has 13 heavy (non-hydrogen) atoms. The van der Waals surface area contributed by atoms with Crippen LogP contribution in [0.15, 0.2) is 0 Å². The number of likely N-dealkylation sites (N-methyl/N-ethyl adjacent to an activating group) is 1. The first-order valence-corrected chi connectivity index (χ1v) is 5.67. The van der Waals surface area contributed by atoms with Gasteiger partial charge in [0.2, 0.25) is 0 Å². The van der Waals surface area contributed by atoms with E-state index >= 15 is 0 Å². The van der Waals surface area contributed by atoms with Gasteiger partial charge in [0.25, 0.3) is 0 Å². The van der Waals surface area contributed by atoms with Crippen LogP contribution in [0.5, 0.6) is 0 Å². The maximum absolute atomic E-state index is 5.67. The van der Waals surface area contributed by atoms with Crippen molar-refractivity contribution in [3.63, 3.8) is 0 Å². The third-order valence-corrected chi connectivity index (χ3v) is 2.28. The van der Waals surface area contributed by atoms with Gasteiger partial charge in [0, 0.05) is 19.0 Å². The van der Waals surface area contributed by atoms with Gasteiger partial charge in [0.05, 0.1) is 0 Å². The van der Waals surface area contributed by atoms with E-state index in [1.165, 1.54) is 13.0 Å². The maximum Gasteiger partial charge on any atom is 0.0235 e. The van der Waals surface area contributed by atoms with Crippen LogP contribution in [0.2, 0.25) is 0 Å². The molecule has 0 atom stereocenters. The van der Waals surface area contributed by atoms with E-state index in [9.17, 15) is 0 Å². The van der Waals surface area contributed by atoms with Crippen LogP contribution in [0.25, 0.3) is 0 Å². The van der Waals surface area contributed by atoms with Gasteiger partial charge in [-0.3, -0.25) is 0 Å². The summed E-state index contributed by atoms with van der Waals surface area (Å²) in [7, 11) is 4.23. The number of hydrogen-bond acceptors (Lipinski definition) is 2. The molecule has 3 heteroatoms. The highest BCUT2D eigenvalue weighted by Gasteiger charge is 2.02. The molecule has 0 saturated carbocycles. The van der Waals surface area contributed by atoms with Crippen LogP contribution in [0.4, 0.5) is 0 Å². The van der Waals surface area contributed by atoms with Crippen molar-refractivity contribution >= 4 is 11.6 Å². The highest BCUT2D eigenvalue weighted by Crippen LogP contribution is 1.95. The lowest BCUT2D eigenvalue weighted by atomic mass is 10.3. The molecule has 0 fully saturated rings. The largest absolute Gasteiger partial charge is 0.308 e. The number of hydrogen-bond donors (Lipinski definition) is 0. The summed E-state index contributed by atoms with van der Waals surface area (Å²) in [6.45, 7) is 6.87. The molecular formula is C10H23ClN2. The number of rotatable bonds is 8. The van der Waals surface area contributed by atoms with Crippen molar-refractivity contribution in [3.05, 3.63) is 0 Å². The first-order chi connectivity index (χ1) is 6.20. The molecule has 0 spiro atoms. The molecule has 0 aliphatic rings. The lowest BCUT2D eigenvalue weighted by Gasteiger charge is -2.23. The van der Waals surface area contributed by atoms with Gasteiger partial charge in [-0.15, -0.1) is 11.6 Å². The molecule has 0 aromatic rings. The fourth-order valence-corrected chi connectivity index (χ4v) is 1.40. The Hall–Kier alpha value is 0.210. The van der Waals surface area contributed by atoms with Gasteiger partial charge in [0.1, 0.15) is 0 Å². The van der Waals surface area contributed by atoms with Gasteiger partial charge in [-0.25, -0.2) is 0 Å². The SMILES string of the molecule is CCCN(CCCCl)CCN(C)C. The van der Waals surface area contributed by atoms with Crippen molar-refractivity contribution in [1.82, 2.24) is 9.80 Å². The van der Waals surface area contributed by atoms with Gasteiger partial charge in [-0.2, -0.15) is 0 Å².